The first kappa shape index (κ1) is 23.1. The predicted molar refractivity (Wildman–Crippen MR) is 108 cm³/mol. The molecule has 2 aromatic heterocycles. The van der Waals surface area contributed by atoms with Gasteiger partial charge >= 0.3 is 6.18 Å². The van der Waals surface area contributed by atoms with Gasteiger partial charge in [-0.3, -0.25) is 9.59 Å². The molecule has 0 atom stereocenters. The summed E-state index contributed by atoms with van der Waals surface area (Å²) in [5.74, 6) is -0.660. The molecule has 1 aromatic carbocycles. The number of amides is 2. The number of pyridine rings is 1. The molecule has 3 aromatic rings. The van der Waals surface area contributed by atoms with Crippen LogP contribution in [0.15, 0.2) is 59.3 Å². The van der Waals surface area contributed by atoms with E-state index in [0.717, 1.165) is 12.3 Å². The zero-order valence-corrected chi connectivity index (χ0v) is 17.2. The van der Waals surface area contributed by atoms with Gasteiger partial charge in [0, 0.05) is 18.3 Å². The zero-order valence-electron chi connectivity index (χ0n) is 16.4. The lowest BCUT2D eigenvalue weighted by Gasteiger charge is -2.11. The van der Waals surface area contributed by atoms with Gasteiger partial charge in [-0.05, 0) is 35.9 Å². The molecule has 0 aliphatic rings. The van der Waals surface area contributed by atoms with Crippen molar-refractivity contribution < 1.29 is 31.9 Å². The van der Waals surface area contributed by atoms with Crippen molar-refractivity contribution >= 4 is 23.4 Å². The van der Waals surface area contributed by atoms with Crippen molar-refractivity contribution in [2.24, 2.45) is 0 Å². The number of alkyl halides is 3. The number of rotatable bonds is 8. The van der Waals surface area contributed by atoms with Crippen molar-refractivity contribution in [2.75, 3.05) is 6.61 Å². The maximum absolute atomic E-state index is 12.3. The smallest absolute Gasteiger partial charge is 0.422 e. The Hall–Kier alpha value is -3.53. The third kappa shape index (κ3) is 6.74. The van der Waals surface area contributed by atoms with E-state index in [1.165, 1.54) is 6.26 Å². The maximum atomic E-state index is 12.3. The standard InChI is InChI=1S/C21H17ClF3N3O4/c22-17-8-15(10-28-20(17)32-12-21(23,24)25)19(30)26-9-13-3-1-4-14(7-13)18(29)27-11-16-5-2-6-31-16/h1-8,10H,9,11-12H2,(H,26,30)(H,27,29). The van der Waals surface area contributed by atoms with Crippen LogP contribution in [-0.2, 0) is 13.1 Å². The molecule has 2 N–H and O–H groups in total. The molecule has 0 unspecified atom stereocenters. The molecule has 2 heterocycles. The van der Waals surface area contributed by atoms with Crippen LogP contribution in [0.4, 0.5) is 13.2 Å². The number of halogens is 4. The van der Waals surface area contributed by atoms with E-state index in [-0.39, 0.29) is 29.6 Å². The van der Waals surface area contributed by atoms with E-state index in [1.807, 2.05) is 0 Å². The fourth-order valence-corrected chi connectivity index (χ4v) is 2.82. The monoisotopic (exact) mass is 467 g/mol. The van der Waals surface area contributed by atoms with Crippen LogP contribution in [0.5, 0.6) is 5.88 Å². The van der Waals surface area contributed by atoms with Crippen molar-refractivity contribution in [1.29, 1.82) is 0 Å². The number of ether oxygens (including phenoxy) is 1. The fraction of sp³-hybridized carbons (Fsp3) is 0.190. The second-order valence-electron chi connectivity index (χ2n) is 6.56. The second-order valence-corrected chi connectivity index (χ2v) is 6.97. The normalized spacial score (nSPS) is 11.1. The minimum atomic E-state index is -4.54. The Morgan fingerprint density at radius 2 is 1.78 bits per heavy atom. The number of furan rings is 1. The van der Waals surface area contributed by atoms with Gasteiger partial charge in [0.05, 0.1) is 18.4 Å². The average molecular weight is 468 g/mol. The molecule has 32 heavy (non-hydrogen) atoms. The average Bonchev–Trinajstić information content (AvgIpc) is 3.28. The highest BCUT2D eigenvalue weighted by molar-refractivity contribution is 6.32. The zero-order chi connectivity index (χ0) is 23.1. The summed E-state index contributed by atoms with van der Waals surface area (Å²) in [7, 11) is 0. The lowest BCUT2D eigenvalue weighted by atomic mass is 10.1. The third-order valence-electron chi connectivity index (χ3n) is 4.09. The maximum Gasteiger partial charge on any atom is 0.422 e. The molecule has 0 fully saturated rings. The molecule has 0 bridgehead atoms. The predicted octanol–water partition coefficient (Wildman–Crippen LogP) is 4.13. The van der Waals surface area contributed by atoms with E-state index in [2.05, 4.69) is 20.4 Å². The third-order valence-corrected chi connectivity index (χ3v) is 4.36. The summed E-state index contributed by atoms with van der Waals surface area (Å²) in [6.07, 6.45) is -1.96. The molecule has 11 heteroatoms. The summed E-state index contributed by atoms with van der Waals surface area (Å²) >= 11 is 5.86. The van der Waals surface area contributed by atoms with Crippen molar-refractivity contribution in [3.05, 3.63) is 82.4 Å². The summed E-state index contributed by atoms with van der Waals surface area (Å²) in [6, 6.07) is 11.3. The SMILES string of the molecule is O=C(NCc1cccc(C(=O)NCc2ccco2)c1)c1cnc(OCC(F)(F)F)c(Cl)c1. The van der Waals surface area contributed by atoms with Crippen molar-refractivity contribution in [3.63, 3.8) is 0 Å². The van der Waals surface area contributed by atoms with Crippen molar-refractivity contribution in [1.82, 2.24) is 15.6 Å². The van der Waals surface area contributed by atoms with Crippen LogP contribution in [0, 0.1) is 0 Å². The van der Waals surface area contributed by atoms with E-state index in [0.29, 0.717) is 16.9 Å². The number of aromatic nitrogens is 1. The van der Waals surface area contributed by atoms with Crippen LogP contribution in [0.3, 0.4) is 0 Å². The minimum Gasteiger partial charge on any atom is -0.467 e. The number of nitrogens with zero attached hydrogens (tertiary/aromatic N) is 1. The number of nitrogens with one attached hydrogen (secondary N) is 2. The fourth-order valence-electron chi connectivity index (χ4n) is 2.60. The molecule has 0 saturated heterocycles. The van der Waals surface area contributed by atoms with Crippen LogP contribution >= 0.6 is 11.6 Å². The largest absolute Gasteiger partial charge is 0.467 e. The summed E-state index contributed by atoms with van der Waals surface area (Å²) < 4.78 is 46.4. The van der Waals surface area contributed by atoms with Gasteiger partial charge in [0.1, 0.15) is 10.8 Å². The highest BCUT2D eigenvalue weighted by Gasteiger charge is 2.29. The van der Waals surface area contributed by atoms with E-state index in [1.54, 1.807) is 36.4 Å². The van der Waals surface area contributed by atoms with Crippen LogP contribution in [-0.4, -0.2) is 29.6 Å². The Morgan fingerprint density at radius 1 is 1.03 bits per heavy atom. The quantitative estimate of drug-likeness (QED) is 0.519. The molecule has 3 rings (SSSR count). The molecule has 7 nitrogen and oxygen atoms in total. The summed E-state index contributed by atoms with van der Waals surface area (Å²) in [6.45, 7) is -1.21. The molecule has 0 radical (unpaired) electrons. The molecule has 0 spiro atoms. The van der Waals surface area contributed by atoms with Gasteiger partial charge in [-0.25, -0.2) is 4.98 Å². The van der Waals surface area contributed by atoms with E-state index in [4.69, 9.17) is 16.0 Å². The van der Waals surface area contributed by atoms with E-state index < -0.39 is 24.6 Å². The van der Waals surface area contributed by atoms with Gasteiger partial charge in [-0.15, -0.1) is 0 Å². The van der Waals surface area contributed by atoms with Gasteiger partial charge in [-0.2, -0.15) is 13.2 Å². The highest BCUT2D eigenvalue weighted by Crippen LogP contribution is 2.25. The van der Waals surface area contributed by atoms with Crippen LogP contribution in [0.1, 0.15) is 32.0 Å². The number of benzene rings is 1. The molecule has 2 amide bonds. The summed E-state index contributed by atoms with van der Waals surface area (Å²) in [5, 5.41) is 5.13. The first-order valence-electron chi connectivity index (χ1n) is 9.24. The topological polar surface area (TPSA) is 93.5 Å². The Labute approximate surface area is 185 Å². The molecular formula is C21H17ClF3N3O4. The van der Waals surface area contributed by atoms with Crippen molar-refractivity contribution in [3.8, 4) is 5.88 Å². The van der Waals surface area contributed by atoms with Crippen LogP contribution < -0.4 is 15.4 Å². The van der Waals surface area contributed by atoms with E-state index in [9.17, 15) is 22.8 Å². The Bertz CT molecular complexity index is 1090. The number of carbonyl (C=O) groups is 2. The number of hydrogen-bond acceptors (Lipinski definition) is 5. The second kappa shape index (κ2) is 10.2. The van der Waals surface area contributed by atoms with Crippen LogP contribution in [0.2, 0.25) is 5.02 Å². The summed E-state index contributed by atoms with van der Waals surface area (Å²) in [4.78, 5) is 28.3. The molecule has 168 valence electrons. The minimum absolute atomic E-state index is 0.0432. The van der Waals surface area contributed by atoms with Gasteiger partial charge < -0.3 is 19.8 Å². The first-order valence-corrected chi connectivity index (χ1v) is 9.62. The van der Waals surface area contributed by atoms with Gasteiger partial charge in [0.25, 0.3) is 11.8 Å². The van der Waals surface area contributed by atoms with E-state index >= 15 is 0 Å². The lowest BCUT2D eigenvalue weighted by molar-refractivity contribution is -0.154. The molecule has 0 aliphatic carbocycles. The summed E-state index contributed by atoms with van der Waals surface area (Å²) in [5.41, 5.74) is 1.11. The van der Waals surface area contributed by atoms with Gasteiger partial charge in [0.15, 0.2) is 6.61 Å². The highest BCUT2D eigenvalue weighted by atomic mass is 35.5. The van der Waals surface area contributed by atoms with Crippen LogP contribution in [0.25, 0.3) is 0 Å². The first-order chi connectivity index (χ1) is 15.2. The Balaban J connectivity index is 1.56. The van der Waals surface area contributed by atoms with Crippen molar-refractivity contribution in [2.45, 2.75) is 19.3 Å². The van der Waals surface area contributed by atoms with Gasteiger partial charge in [0.2, 0.25) is 5.88 Å². The lowest BCUT2D eigenvalue weighted by Crippen LogP contribution is -2.24. The van der Waals surface area contributed by atoms with Gasteiger partial charge in [-0.1, -0.05) is 23.7 Å². The Kier molecular flexibility index (Phi) is 7.37. The number of hydrogen-bond donors (Lipinski definition) is 2. The molecular weight excluding hydrogens is 451 g/mol. The Morgan fingerprint density at radius 3 is 2.47 bits per heavy atom. The molecule has 0 saturated carbocycles. The molecule has 0 aliphatic heterocycles. The number of carbonyl (C=O) groups excluding carboxylic acids is 2.